The molecule has 1 saturated heterocycles. The molecule has 2 amide bonds. The standard InChI is InChI=1S/C15H28N2O4/c1-5-15(13(18)19)6-8-16(9-7-15)14(20)17(12(2)3)10-11-21-4/h12H,5-11H2,1-4H3,(H,18,19). The van der Waals surface area contributed by atoms with Gasteiger partial charge in [0.25, 0.3) is 0 Å². The Morgan fingerprint density at radius 1 is 1.33 bits per heavy atom. The number of hydrogen-bond acceptors (Lipinski definition) is 3. The molecule has 122 valence electrons. The normalized spacial score (nSPS) is 17.9. The van der Waals surface area contributed by atoms with Crippen molar-refractivity contribution in [2.24, 2.45) is 5.41 Å². The highest BCUT2D eigenvalue weighted by Gasteiger charge is 2.41. The molecule has 1 aliphatic heterocycles. The third kappa shape index (κ3) is 4.09. The Labute approximate surface area is 127 Å². The zero-order valence-electron chi connectivity index (χ0n) is 13.6. The van der Waals surface area contributed by atoms with Crippen LogP contribution in [-0.2, 0) is 9.53 Å². The van der Waals surface area contributed by atoms with Crippen molar-refractivity contribution in [3.63, 3.8) is 0 Å². The van der Waals surface area contributed by atoms with Crippen LogP contribution in [0.1, 0.15) is 40.0 Å². The van der Waals surface area contributed by atoms with Crippen LogP contribution in [0.5, 0.6) is 0 Å². The number of nitrogens with zero attached hydrogens (tertiary/aromatic N) is 2. The summed E-state index contributed by atoms with van der Waals surface area (Å²) in [7, 11) is 1.62. The van der Waals surface area contributed by atoms with Gasteiger partial charge in [0, 0.05) is 32.8 Å². The quantitative estimate of drug-likeness (QED) is 0.815. The molecular formula is C15H28N2O4. The first-order valence-electron chi connectivity index (χ1n) is 7.66. The van der Waals surface area contributed by atoms with Crippen molar-refractivity contribution in [1.29, 1.82) is 0 Å². The minimum absolute atomic E-state index is 0.0165. The van der Waals surface area contributed by atoms with Gasteiger partial charge in [-0.1, -0.05) is 6.92 Å². The van der Waals surface area contributed by atoms with Crippen LogP contribution in [0, 0.1) is 5.41 Å². The average Bonchev–Trinajstić information content (AvgIpc) is 2.47. The molecule has 0 aliphatic carbocycles. The number of methoxy groups -OCH3 is 1. The maximum atomic E-state index is 12.6. The van der Waals surface area contributed by atoms with E-state index in [1.165, 1.54) is 0 Å². The van der Waals surface area contributed by atoms with E-state index in [2.05, 4.69) is 0 Å². The third-order valence-electron chi connectivity index (χ3n) is 4.53. The van der Waals surface area contributed by atoms with Gasteiger partial charge in [0.15, 0.2) is 0 Å². The molecule has 0 radical (unpaired) electrons. The summed E-state index contributed by atoms with van der Waals surface area (Å²) in [6, 6.07) is 0.0853. The molecular weight excluding hydrogens is 272 g/mol. The number of amides is 2. The van der Waals surface area contributed by atoms with Crippen molar-refractivity contribution < 1.29 is 19.4 Å². The summed E-state index contributed by atoms with van der Waals surface area (Å²) >= 11 is 0. The van der Waals surface area contributed by atoms with E-state index in [9.17, 15) is 14.7 Å². The van der Waals surface area contributed by atoms with Crippen LogP contribution in [0.2, 0.25) is 0 Å². The topological polar surface area (TPSA) is 70.1 Å². The second kappa shape index (κ2) is 7.64. The summed E-state index contributed by atoms with van der Waals surface area (Å²) in [6.07, 6.45) is 1.67. The zero-order chi connectivity index (χ0) is 16.0. The molecule has 0 aromatic rings. The van der Waals surface area contributed by atoms with Crippen LogP contribution in [0.15, 0.2) is 0 Å². The molecule has 1 aliphatic rings. The predicted molar refractivity (Wildman–Crippen MR) is 80.3 cm³/mol. The number of hydrogen-bond donors (Lipinski definition) is 1. The van der Waals surface area contributed by atoms with E-state index in [0.29, 0.717) is 45.5 Å². The van der Waals surface area contributed by atoms with Crippen molar-refractivity contribution in [2.45, 2.75) is 46.1 Å². The summed E-state index contributed by atoms with van der Waals surface area (Å²) in [4.78, 5) is 27.6. The first-order chi connectivity index (χ1) is 9.88. The molecule has 0 unspecified atom stereocenters. The lowest BCUT2D eigenvalue weighted by Gasteiger charge is -2.41. The molecule has 1 N–H and O–H groups in total. The Bertz CT molecular complexity index is 363. The molecule has 6 heteroatoms. The molecule has 21 heavy (non-hydrogen) atoms. The van der Waals surface area contributed by atoms with Gasteiger partial charge in [0.05, 0.1) is 12.0 Å². The van der Waals surface area contributed by atoms with Gasteiger partial charge >= 0.3 is 12.0 Å². The number of carboxylic acid groups (broad SMARTS) is 1. The SMILES string of the molecule is CCC1(C(=O)O)CCN(C(=O)N(CCOC)C(C)C)CC1. The van der Waals surface area contributed by atoms with Crippen LogP contribution in [-0.4, -0.2) is 66.3 Å². The second-order valence-electron chi connectivity index (χ2n) is 5.99. The number of carbonyl (C=O) groups excluding carboxylic acids is 1. The minimum atomic E-state index is -0.739. The molecule has 1 rings (SSSR count). The fourth-order valence-electron chi connectivity index (χ4n) is 2.79. The Morgan fingerprint density at radius 2 is 1.90 bits per heavy atom. The Kier molecular flexibility index (Phi) is 6.45. The minimum Gasteiger partial charge on any atom is -0.481 e. The number of ether oxygens (including phenoxy) is 1. The number of likely N-dealkylation sites (tertiary alicyclic amines) is 1. The fourth-order valence-corrected chi connectivity index (χ4v) is 2.79. The molecule has 0 spiro atoms. The number of urea groups is 1. The van der Waals surface area contributed by atoms with Crippen molar-refractivity contribution in [3.05, 3.63) is 0 Å². The Balaban J connectivity index is 2.67. The van der Waals surface area contributed by atoms with Crippen molar-refractivity contribution >= 4 is 12.0 Å². The van der Waals surface area contributed by atoms with E-state index in [4.69, 9.17) is 4.74 Å². The van der Waals surface area contributed by atoms with E-state index in [0.717, 1.165) is 0 Å². The lowest BCUT2D eigenvalue weighted by atomic mass is 9.76. The molecule has 0 atom stereocenters. The van der Waals surface area contributed by atoms with Crippen molar-refractivity contribution in [2.75, 3.05) is 33.4 Å². The Hall–Kier alpha value is -1.30. The van der Waals surface area contributed by atoms with Gasteiger partial charge in [0.2, 0.25) is 0 Å². The highest BCUT2D eigenvalue weighted by molar-refractivity contribution is 5.77. The van der Waals surface area contributed by atoms with E-state index >= 15 is 0 Å². The summed E-state index contributed by atoms with van der Waals surface area (Å²) in [5.74, 6) is -0.739. The molecule has 0 saturated carbocycles. The number of carbonyl (C=O) groups is 2. The zero-order valence-corrected chi connectivity index (χ0v) is 13.6. The van der Waals surface area contributed by atoms with Crippen LogP contribution in [0.3, 0.4) is 0 Å². The van der Waals surface area contributed by atoms with E-state index in [-0.39, 0.29) is 12.1 Å². The second-order valence-corrected chi connectivity index (χ2v) is 5.99. The average molecular weight is 300 g/mol. The fraction of sp³-hybridized carbons (Fsp3) is 0.867. The van der Waals surface area contributed by atoms with Gasteiger partial charge in [-0.15, -0.1) is 0 Å². The molecule has 1 fully saturated rings. The molecule has 0 aromatic carbocycles. The van der Waals surface area contributed by atoms with Crippen LogP contribution >= 0.6 is 0 Å². The number of rotatable bonds is 6. The molecule has 6 nitrogen and oxygen atoms in total. The molecule has 0 aromatic heterocycles. The highest BCUT2D eigenvalue weighted by atomic mass is 16.5. The first-order valence-corrected chi connectivity index (χ1v) is 7.66. The maximum absolute atomic E-state index is 12.6. The predicted octanol–water partition coefficient (Wildman–Crippen LogP) is 2.04. The molecule has 0 bridgehead atoms. The summed E-state index contributed by atoms with van der Waals surface area (Å²) in [6.45, 7) is 7.94. The van der Waals surface area contributed by atoms with Gasteiger partial charge in [-0.2, -0.15) is 0 Å². The van der Waals surface area contributed by atoms with Gasteiger partial charge in [0.1, 0.15) is 0 Å². The van der Waals surface area contributed by atoms with E-state index in [1.807, 2.05) is 20.8 Å². The van der Waals surface area contributed by atoms with Gasteiger partial charge in [-0.3, -0.25) is 4.79 Å². The number of carboxylic acids is 1. The van der Waals surface area contributed by atoms with Crippen LogP contribution < -0.4 is 0 Å². The van der Waals surface area contributed by atoms with Gasteiger partial charge in [-0.05, 0) is 33.1 Å². The number of aliphatic carboxylic acids is 1. The van der Waals surface area contributed by atoms with Gasteiger partial charge in [-0.25, -0.2) is 4.79 Å². The van der Waals surface area contributed by atoms with Gasteiger partial charge < -0.3 is 19.6 Å². The maximum Gasteiger partial charge on any atom is 0.320 e. The summed E-state index contributed by atoms with van der Waals surface area (Å²) in [5, 5.41) is 9.40. The van der Waals surface area contributed by atoms with Crippen LogP contribution in [0.25, 0.3) is 0 Å². The van der Waals surface area contributed by atoms with E-state index < -0.39 is 11.4 Å². The summed E-state index contributed by atoms with van der Waals surface area (Å²) in [5.41, 5.74) is -0.661. The van der Waals surface area contributed by atoms with Crippen molar-refractivity contribution in [3.8, 4) is 0 Å². The number of piperidine rings is 1. The first kappa shape index (κ1) is 17.8. The monoisotopic (exact) mass is 300 g/mol. The smallest absolute Gasteiger partial charge is 0.320 e. The lowest BCUT2D eigenvalue weighted by molar-refractivity contribution is -0.152. The van der Waals surface area contributed by atoms with E-state index in [1.54, 1.807) is 16.9 Å². The highest BCUT2D eigenvalue weighted by Crippen LogP contribution is 2.35. The lowest BCUT2D eigenvalue weighted by Crippen LogP contribution is -2.52. The summed E-state index contributed by atoms with van der Waals surface area (Å²) < 4.78 is 5.05. The van der Waals surface area contributed by atoms with Crippen molar-refractivity contribution in [1.82, 2.24) is 9.80 Å². The van der Waals surface area contributed by atoms with Crippen LogP contribution in [0.4, 0.5) is 4.79 Å². The molecule has 1 heterocycles. The Morgan fingerprint density at radius 3 is 2.29 bits per heavy atom. The largest absolute Gasteiger partial charge is 0.481 e. The third-order valence-corrected chi connectivity index (χ3v) is 4.53.